The minimum absolute atomic E-state index is 0.163. The number of carbonyl (C=O) groups excluding carboxylic acids is 1. The topological polar surface area (TPSA) is 26.3 Å². The molecule has 0 saturated carbocycles. The molecule has 3 rings (SSSR count). The Kier molecular flexibility index (Phi) is 4.18. The van der Waals surface area contributed by atoms with E-state index in [1.54, 1.807) is 6.08 Å². The van der Waals surface area contributed by atoms with Crippen molar-refractivity contribution in [3.05, 3.63) is 71.3 Å². The largest absolute Gasteiger partial charge is 0.453 e. The molecule has 0 spiro atoms. The lowest BCUT2D eigenvalue weighted by atomic mass is 9.95. The maximum atomic E-state index is 12.2. The molecule has 1 aliphatic carbocycles. The van der Waals surface area contributed by atoms with Crippen LogP contribution in [0.2, 0.25) is 0 Å². The first kappa shape index (κ1) is 16.3. The number of ether oxygens (including phenoxy) is 1. The van der Waals surface area contributed by atoms with Crippen molar-refractivity contribution in [2.45, 2.75) is 19.0 Å². The fourth-order valence-corrected chi connectivity index (χ4v) is 2.95. The molecule has 5 heteroatoms. The predicted octanol–water partition coefficient (Wildman–Crippen LogP) is 4.85. The Bertz CT molecular complexity index is 761. The van der Waals surface area contributed by atoms with Gasteiger partial charge in [-0.2, -0.15) is 13.2 Å². The first-order valence-electron chi connectivity index (χ1n) is 7.47. The van der Waals surface area contributed by atoms with E-state index < -0.39 is 18.8 Å². The van der Waals surface area contributed by atoms with Crippen LogP contribution in [-0.4, -0.2) is 18.8 Å². The van der Waals surface area contributed by atoms with Crippen LogP contribution in [0.1, 0.15) is 24.0 Å². The van der Waals surface area contributed by atoms with Crippen LogP contribution in [0.4, 0.5) is 13.2 Å². The van der Waals surface area contributed by atoms with E-state index in [1.807, 2.05) is 48.5 Å². The summed E-state index contributed by atoms with van der Waals surface area (Å²) in [5.41, 5.74) is 4.37. The molecule has 0 amide bonds. The molecule has 0 bridgehead atoms. The molecule has 0 saturated heterocycles. The monoisotopic (exact) mass is 332 g/mol. The van der Waals surface area contributed by atoms with Crippen LogP contribution >= 0.6 is 0 Å². The zero-order valence-electron chi connectivity index (χ0n) is 12.9. The molecule has 0 N–H and O–H groups in total. The van der Waals surface area contributed by atoms with Crippen LogP contribution in [0.25, 0.3) is 11.1 Å². The van der Waals surface area contributed by atoms with Crippen LogP contribution in [-0.2, 0) is 9.53 Å². The lowest BCUT2D eigenvalue weighted by Crippen LogP contribution is -2.20. The lowest BCUT2D eigenvalue weighted by molar-refractivity contribution is -0.183. The number of esters is 1. The molecule has 0 unspecified atom stereocenters. The van der Waals surface area contributed by atoms with Crippen molar-refractivity contribution in [3.8, 4) is 11.1 Å². The molecule has 0 aliphatic heterocycles. The number of hydrogen-bond acceptors (Lipinski definition) is 2. The van der Waals surface area contributed by atoms with Gasteiger partial charge < -0.3 is 4.74 Å². The number of allylic oxidation sites excluding steroid dienone is 1. The van der Waals surface area contributed by atoms with Crippen LogP contribution < -0.4 is 0 Å². The highest BCUT2D eigenvalue weighted by Crippen LogP contribution is 2.45. The SMILES string of the molecule is CC(=CC1c2ccccc2-c2ccccc21)C(=O)OCC(F)(F)F. The average Bonchev–Trinajstić information content (AvgIpc) is 2.87. The fraction of sp³-hybridized carbons (Fsp3) is 0.211. The van der Waals surface area contributed by atoms with Crippen LogP contribution in [0.3, 0.4) is 0 Å². The predicted molar refractivity (Wildman–Crippen MR) is 84.5 cm³/mol. The van der Waals surface area contributed by atoms with Gasteiger partial charge in [0.1, 0.15) is 0 Å². The summed E-state index contributed by atoms with van der Waals surface area (Å²) in [6.45, 7) is -0.100. The van der Waals surface area contributed by atoms with Gasteiger partial charge in [0.2, 0.25) is 0 Å². The first-order chi connectivity index (χ1) is 11.4. The van der Waals surface area contributed by atoms with Crippen molar-refractivity contribution in [1.82, 2.24) is 0 Å². The van der Waals surface area contributed by atoms with Gasteiger partial charge in [-0.25, -0.2) is 4.79 Å². The summed E-state index contributed by atoms with van der Waals surface area (Å²) in [7, 11) is 0. The molecule has 1 aliphatic rings. The fourth-order valence-electron chi connectivity index (χ4n) is 2.95. The van der Waals surface area contributed by atoms with Gasteiger partial charge in [-0.05, 0) is 29.2 Å². The van der Waals surface area contributed by atoms with E-state index in [2.05, 4.69) is 4.74 Å². The zero-order chi connectivity index (χ0) is 17.3. The summed E-state index contributed by atoms with van der Waals surface area (Å²) in [5, 5.41) is 0. The maximum Gasteiger partial charge on any atom is 0.422 e. The third-order valence-corrected chi connectivity index (χ3v) is 3.99. The van der Waals surface area contributed by atoms with E-state index in [4.69, 9.17) is 0 Å². The first-order valence-corrected chi connectivity index (χ1v) is 7.47. The minimum Gasteiger partial charge on any atom is -0.453 e. The van der Waals surface area contributed by atoms with Crippen LogP contribution in [0.15, 0.2) is 60.2 Å². The molecule has 24 heavy (non-hydrogen) atoms. The second-order valence-electron chi connectivity index (χ2n) is 5.69. The Labute approximate surface area is 137 Å². The normalized spacial score (nSPS) is 14.2. The quantitative estimate of drug-likeness (QED) is 0.593. The van der Waals surface area contributed by atoms with Gasteiger partial charge in [-0.1, -0.05) is 54.6 Å². The molecule has 124 valence electrons. The van der Waals surface area contributed by atoms with Crippen molar-refractivity contribution >= 4 is 5.97 Å². The second kappa shape index (κ2) is 6.15. The molecular formula is C19H15F3O2. The third-order valence-electron chi connectivity index (χ3n) is 3.99. The van der Waals surface area contributed by atoms with Crippen LogP contribution in [0, 0.1) is 0 Å². The molecular weight excluding hydrogens is 317 g/mol. The van der Waals surface area contributed by atoms with Crippen molar-refractivity contribution in [3.63, 3.8) is 0 Å². The summed E-state index contributed by atoms with van der Waals surface area (Å²) >= 11 is 0. The van der Waals surface area contributed by atoms with E-state index in [1.165, 1.54) is 6.92 Å². The Balaban J connectivity index is 1.90. The van der Waals surface area contributed by atoms with Gasteiger partial charge in [0, 0.05) is 11.5 Å². The summed E-state index contributed by atoms with van der Waals surface area (Å²) in [4.78, 5) is 11.8. The van der Waals surface area contributed by atoms with E-state index >= 15 is 0 Å². The summed E-state index contributed by atoms with van der Waals surface area (Å²) in [6.07, 6.45) is -2.86. The smallest absolute Gasteiger partial charge is 0.422 e. The molecule has 2 aromatic carbocycles. The molecule has 2 aromatic rings. The number of hydrogen-bond donors (Lipinski definition) is 0. The highest BCUT2D eigenvalue weighted by molar-refractivity contribution is 5.89. The standard InChI is InChI=1S/C19H15F3O2/c1-12(18(23)24-11-19(20,21)22)10-17-15-8-4-2-6-13(15)14-7-3-5-9-16(14)17/h2-10,17H,11H2,1H3. The maximum absolute atomic E-state index is 12.2. The van der Waals surface area contributed by atoms with E-state index in [0.717, 1.165) is 22.3 Å². The van der Waals surface area contributed by atoms with Gasteiger partial charge in [-0.3, -0.25) is 0 Å². The van der Waals surface area contributed by atoms with Crippen molar-refractivity contribution in [2.75, 3.05) is 6.61 Å². The van der Waals surface area contributed by atoms with Crippen molar-refractivity contribution in [1.29, 1.82) is 0 Å². The van der Waals surface area contributed by atoms with E-state index in [-0.39, 0.29) is 11.5 Å². The second-order valence-corrected chi connectivity index (χ2v) is 5.69. The number of rotatable bonds is 3. The molecule has 0 heterocycles. The number of benzene rings is 2. The lowest BCUT2D eigenvalue weighted by Gasteiger charge is -2.11. The van der Waals surface area contributed by atoms with Crippen LogP contribution in [0.5, 0.6) is 0 Å². The van der Waals surface area contributed by atoms with Gasteiger partial charge in [-0.15, -0.1) is 0 Å². The Morgan fingerprint density at radius 1 is 1.04 bits per heavy atom. The van der Waals surface area contributed by atoms with Gasteiger partial charge in [0.25, 0.3) is 0 Å². The van der Waals surface area contributed by atoms with Crippen molar-refractivity contribution in [2.24, 2.45) is 0 Å². The number of alkyl halides is 3. The van der Waals surface area contributed by atoms with E-state index in [0.29, 0.717) is 0 Å². The third kappa shape index (κ3) is 3.20. The Hall–Kier alpha value is -2.56. The Morgan fingerprint density at radius 3 is 2.04 bits per heavy atom. The highest BCUT2D eigenvalue weighted by Gasteiger charge is 2.31. The molecule has 2 nitrogen and oxygen atoms in total. The summed E-state index contributed by atoms with van der Waals surface area (Å²) in [5.74, 6) is -1.12. The minimum atomic E-state index is -4.53. The zero-order valence-corrected chi connectivity index (χ0v) is 12.9. The van der Waals surface area contributed by atoms with Gasteiger partial charge >= 0.3 is 12.1 Å². The van der Waals surface area contributed by atoms with Crippen molar-refractivity contribution < 1.29 is 22.7 Å². The van der Waals surface area contributed by atoms with E-state index in [9.17, 15) is 18.0 Å². The molecule has 0 aromatic heterocycles. The summed E-state index contributed by atoms with van der Waals surface area (Å²) < 4.78 is 40.9. The number of halogens is 3. The number of carbonyl (C=O) groups is 1. The summed E-state index contributed by atoms with van der Waals surface area (Å²) in [6, 6.07) is 15.6. The van der Waals surface area contributed by atoms with Gasteiger partial charge in [0.05, 0.1) is 0 Å². The molecule has 0 atom stereocenters. The molecule has 0 radical (unpaired) electrons. The Morgan fingerprint density at radius 2 is 1.54 bits per heavy atom. The molecule has 0 fully saturated rings. The average molecular weight is 332 g/mol. The highest BCUT2D eigenvalue weighted by atomic mass is 19.4. The number of fused-ring (bicyclic) bond motifs is 3. The van der Waals surface area contributed by atoms with Gasteiger partial charge in [0.15, 0.2) is 6.61 Å².